The van der Waals surface area contributed by atoms with Gasteiger partial charge in [-0.1, -0.05) is 43.3 Å². The zero-order chi connectivity index (χ0) is 20.4. The maximum atomic E-state index is 12.4. The summed E-state index contributed by atoms with van der Waals surface area (Å²) in [6.45, 7) is 4.04. The predicted molar refractivity (Wildman–Crippen MR) is 114 cm³/mol. The molecular weight excluding hydrogens is 410 g/mol. The van der Waals surface area contributed by atoms with Crippen LogP contribution in [0.1, 0.15) is 25.7 Å². The molecule has 29 heavy (non-hydrogen) atoms. The van der Waals surface area contributed by atoms with Gasteiger partial charge in [0.2, 0.25) is 5.91 Å². The van der Waals surface area contributed by atoms with E-state index in [-0.39, 0.29) is 17.6 Å². The fourth-order valence-corrected chi connectivity index (χ4v) is 3.64. The van der Waals surface area contributed by atoms with Crippen LogP contribution in [0.3, 0.4) is 0 Å². The lowest BCUT2D eigenvalue weighted by Gasteiger charge is -2.07. The van der Waals surface area contributed by atoms with Gasteiger partial charge in [0.25, 0.3) is 0 Å². The van der Waals surface area contributed by atoms with Gasteiger partial charge in [0.1, 0.15) is 11.8 Å². The van der Waals surface area contributed by atoms with Gasteiger partial charge in [-0.25, -0.2) is 4.98 Å². The summed E-state index contributed by atoms with van der Waals surface area (Å²) in [5.41, 5.74) is 2.93. The van der Waals surface area contributed by atoms with Crippen molar-refractivity contribution in [3.63, 3.8) is 0 Å². The molecule has 0 atom stereocenters. The van der Waals surface area contributed by atoms with E-state index in [1.165, 1.54) is 11.8 Å². The summed E-state index contributed by atoms with van der Waals surface area (Å²) in [6.07, 6.45) is 1.59. The van der Waals surface area contributed by atoms with E-state index in [0.717, 1.165) is 11.2 Å². The molecule has 148 valence electrons. The van der Waals surface area contributed by atoms with Gasteiger partial charge in [-0.05, 0) is 36.4 Å². The largest absolute Gasteiger partial charge is 0.440 e. The maximum absolute atomic E-state index is 12.4. The maximum Gasteiger partial charge on any atom is 0.234 e. The molecule has 7 nitrogen and oxygen atoms in total. The average molecular weight is 428 g/mol. The molecule has 0 bridgehead atoms. The van der Waals surface area contributed by atoms with Crippen molar-refractivity contribution in [3.05, 3.63) is 59.7 Å². The topological polar surface area (TPSA) is 85.8 Å². The number of amides is 1. The van der Waals surface area contributed by atoms with Crippen LogP contribution in [0.2, 0.25) is 5.02 Å². The van der Waals surface area contributed by atoms with E-state index in [1.54, 1.807) is 23.0 Å². The minimum absolute atomic E-state index is 0.150. The molecule has 1 amide bonds. The number of fused-ring (bicyclic) bond motifs is 1. The Kier molecular flexibility index (Phi) is 5.55. The normalized spacial score (nSPS) is 11.3. The van der Waals surface area contributed by atoms with Crippen molar-refractivity contribution >= 4 is 46.1 Å². The van der Waals surface area contributed by atoms with Gasteiger partial charge in [0.15, 0.2) is 16.6 Å². The number of hydrogen-bond acceptors (Lipinski definition) is 6. The van der Waals surface area contributed by atoms with Crippen molar-refractivity contribution in [1.29, 1.82) is 0 Å². The molecule has 0 saturated heterocycles. The van der Waals surface area contributed by atoms with Gasteiger partial charge in [-0.2, -0.15) is 0 Å². The number of nitrogens with zero attached hydrogens (tertiary/aromatic N) is 4. The molecule has 0 radical (unpaired) electrons. The second kappa shape index (κ2) is 8.26. The van der Waals surface area contributed by atoms with Crippen molar-refractivity contribution in [1.82, 2.24) is 19.7 Å². The highest BCUT2D eigenvalue weighted by atomic mass is 35.5. The van der Waals surface area contributed by atoms with Crippen LogP contribution in [-0.4, -0.2) is 31.4 Å². The van der Waals surface area contributed by atoms with Gasteiger partial charge in [0, 0.05) is 16.6 Å². The van der Waals surface area contributed by atoms with Crippen molar-refractivity contribution in [2.75, 3.05) is 11.1 Å². The summed E-state index contributed by atoms with van der Waals surface area (Å²) < 4.78 is 7.48. The first-order chi connectivity index (χ1) is 14.0. The second-order valence-corrected chi connectivity index (χ2v) is 8.07. The van der Waals surface area contributed by atoms with Gasteiger partial charge in [0.05, 0.1) is 11.4 Å². The Morgan fingerprint density at radius 3 is 2.93 bits per heavy atom. The molecular formula is C20H18ClN5O2S. The van der Waals surface area contributed by atoms with Crippen molar-refractivity contribution in [2.24, 2.45) is 0 Å². The predicted octanol–water partition coefficient (Wildman–Crippen LogP) is 4.92. The first kappa shape index (κ1) is 19.5. The minimum atomic E-state index is -0.150. The number of anilines is 1. The second-order valence-electron chi connectivity index (χ2n) is 6.69. The smallest absolute Gasteiger partial charge is 0.234 e. The third kappa shape index (κ3) is 4.44. The highest BCUT2D eigenvalue weighted by molar-refractivity contribution is 7.99. The van der Waals surface area contributed by atoms with Crippen LogP contribution >= 0.6 is 23.4 Å². The summed E-state index contributed by atoms with van der Waals surface area (Å²) in [5, 5.41) is 12.1. The number of oxazole rings is 1. The average Bonchev–Trinajstić information content (AvgIpc) is 3.33. The van der Waals surface area contributed by atoms with E-state index in [0.29, 0.717) is 27.3 Å². The summed E-state index contributed by atoms with van der Waals surface area (Å²) >= 11 is 7.35. The summed E-state index contributed by atoms with van der Waals surface area (Å²) in [4.78, 5) is 16.9. The summed E-state index contributed by atoms with van der Waals surface area (Å²) in [7, 11) is 0. The van der Waals surface area contributed by atoms with Crippen LogP contribution in [0.5, 0.6) is 0 Å². The highest BCUT2D eigenvalue weighted by Gasteiger charge is 2.13. The summed E-state index contributed by atoms with van der Waals surface area (Å²) in [6, 6.07) is 12.8. The number of halogens is 1. The lowest BCUT2D eigenvalue weighted by molar-refractivity contribution is -0.113. The van der Waals surface area contributed by atoms with Gasteiger partial charge in [-0.15, -0.1) is 10.2 Å². The molecule has 4 aromatic rings. The van der Waals surface area contributed by atoms with E-state index in [1.807, 2.05) is 44.2 Å². The van der Waals surface area contributed by atoms with E-state index in [4.69, 9.17) is 16.0 Å². The van der Waals surface area contributed by atoms with E-state index >= 15 is 0 Å². The monoisotopic (exact) mass is 427 g/mol. The van der Waals surface area contributed by atoms with E-state index < -0.39 is 0 Å². The number of nitrogens with one attached hydrogen (secondary N) is 1. The number of hydrogen-bond donors (Lipinski definition) is 1. The van der Waals surface area contributed by atoms with E-state index in [2.05, 4.69) is 20.5 Å². The molecule has 0 aliphatic carbocycles. The Morgan fingerprint density at radius 2 is 2.14 bits per heavy atom. The van der Waals surface area contributed by atoms with Crippen LogP contribution < -0.4 is 5.32 Å². The quantitative estimate of drug-likeness (QED) is 0.440. The molecule has 2 aromatic carbocycles. The Bertz CT molecular complexity index is 1170. The molecule has 0 unspecified atom stereocenters. The molecule has 2 heterocycles. The number of rotatable bonds is 6. The summed E-state index contributed by atoms with van der Waals surface area (Å²) in [5.74, 6) is 0.920. The Hall–Kier alpha value is -2.84. The number of carbonyl (C=O) groups excluding carboxylic acids is 1. The Balaban J connectivity index is 1.42. The van der Waals surface area contributed by atoms with Gasteiger partial charge >= 0.3 is 0 Å². The molecule has 0 aliphatic heterocycles. The Labute approximate surface area is 176 Å². The third-order valence-corrected chi connectivity index (χ3v) is 5.30. The fourth-order valence-electron chi connectivity index (χ4n) is 2.72. The lowest BCUT2D eigenvalue weighted by Crippen LogP contribution is -2.14. The van der Waals surface area contributed by atoms with Gasteiger partial charge < -0.3 is 9.73 Å². The van der Waals surface area contributed by atoms with Crippen molar-refractivity contribution < 1.29 is 9.21 Å². The van der Waals surface area contributed by atoms with Crippen LogP contribution in [0, 0.1) is 0 Å². The molecule has 0 saturated carbocycles. The van der Waals surface area contributed by atoms with Crippen molar-refractivity contribution in [3.8, 4) is 5.69 Å². The number of benzene rings is 2. The first-order valence-corrected chi connectivity index (χ1v) is 10.3. The van der Waals surface area contributed by atoms with Crippen LogP contribution in [0.4, 0.5) is 5.69 Å². The van der Waals surface area contributed by atoms with Crippen LogP contribution in [-0.2, 0) is 4.79 Å². The molecule has 0 spiro atoms. The fraction of sp³-hybridized carbons (Fsp3) is 0.200. The number of aromatic nitrogens is 4. The Morgan fingerprint density at radius 1 is 1.28 bits per heavy atom. The van der Waals surface area contributed by atoms with Crippen LogP contribution in [0.15, 0.2) is 58.4 Å². The molecule has 2 aromatic heterocycles. The first-order valence-electron chi connectivity index (χ1n) is 8.98. The number of carbonyl (C=O) groups is 1. The zero-order valence-electron chi connectivity index (χ0n) is 15.8. The molecule has 0 fully saturated rings. The standard InChI is InChI=1S/C20H18ClN5O2S/c1-12(2)19-24-16-9-14(6-7-17(16)28-19)23-18(27)10-29-20-25-22-11-26(20)15-5-3-4-13(21)8-15/h3-9,11-12H,10H2,1-2H3,(H,23,27). The number of thioether (sulfide) groups is 1. The van der Waals surface area contributed by atoms with Crippen molar-refractivity contribution in [2.45, 2.75) is 24.9 Å². The molecule has 1 N–H and O–H groups in total. The molecule has 9 heteroatoms. The highest BCUT2D eigenvalue weighted by Crippen LogP contribution is 2.25. The van der Waals surface area contributed by atoms with Crippen LogP contribution in [0.25, 0.3) is 16.8 Å². The molecule has 0 aliphatic rings. The minimum Gasteiger partial charge on any atom is -0.440 e. The van der Waals surface area contributed by atoms with E-state index in [9.17, 15) is 4.79 Å². The zero-order valence-corrected chi connectivity index (χ0v) is 17.4. The third-order valence-electron chi connectivity index (χ3n) is 4.12. The van der Waals surface area contributed by atoms with Gasteiger partial charge in [-0.3, -0.25) is 9.36 Å². The SMILES string of the molecule is CC(C)c1nc2cc(NC(=O)CSc3nncn3-c3cccc(Cl)c3)ccc2o1. The lowest BCUT2D eigenvalue weighted by atomic mass is 10.2. The molecule has 4 rings (SSSR count).